The number of hydrogen-bond acceptors (Lipinski definition) is 6. The van der Waals surface area contributed by atoms with Gasteiger partial charge in [-0.1, -0.05) is 12.1 Å². The fourth-order valence-electron chi connectivity index (χ4n) is 1.44. The number of para-hydroxylation sites is 2. The van der Waals surface area contributed by atoms with Crippen molar-refractivity contribution in [2.24, 2.45) is 0 Å². The van der Waals surface area contributed by atoms with Gasteiger partial charge >= 0.3 is 0 Å². The van der Waals surface area contributed by atoms with Crippen LogP contribution in [-0.2, 0) is 4.79 Å². The molecule has 0 saturated carbocycles. The minimum Gasteiger partial charge on any atom is -0.506 e. The maximum atomic E-state index is 12.0. The highest BCUT2D eigenvalue weighted by atomic mass is 79.9. The van der Waals surface area contributed by atoms with Gasteiger partial charge in [0, 0.05) is 18.6 Å². The van der Waals surface area contributed by atoms with Crippen molar-refractivity contribution in [3.05, 3.63) is 52.9 Å². The Labute approximate surface area is 134 Å². The number of benzene rings is 1. The number of aromatic hydroxyl groups is 1. The van der Waals surface area contributed by atoms with Crippen LogP contribution in [0, 0.1) is 11.3 Å². The number of phenolic OH excluding ortho intramolecular Hbond substituents is 1. The van der Waals surface area contributed by atoms with E-state index in [2.05, 4.69) is 36.5 Å². The van der Waals surface area contributed by atoms with E-state index in [1.807, 2.05) is 0 Å². The first-order valence-electron chi connectivity index (χ1n) is 6.04. The Morgan fingerprint density at radius 3 is 2.64 bits per heavy atom. The average Bonchev–Trinajstić information content (AvgIpc) is 2.52. The monoisotopic (exact) mass is 359 g/mol. The van der Waals surface area contributed by atoms with Crippen molar-refractivity contribution in [3.8, 4) is 11.8 Å². The van der Waals surface area contributed by atoms with Crippen LogP contribution in [0.25, 0.3) is 0 Å². The third kappa shape index (κ3) is 4.04. The van der Waals surface area contributed by atoms with E-state index in [0.29, 0.717) is 4.47 Å². The van der Waals surface area contributed by atoms with Gasteiger partial charge in [-0.25, -0.2) is 9.97 Å². The second kappa shape index (κ2) is 7.19. The van der Waals surface area contributed by atoms with Gasteiger partial charge in [0.2, 0.25) is 5.95 Å². The molecule has 0 saturated heterocycles. The number of carbonyl (C=O) groups is 1. The summed E-state index contributed by atoms with van der Waals surface area (Å²) in [6.45, 7) is 0. The van der Waals surface area contributed by atoms with Crippen LogP contribution in [0.4, 0.5) is 11.6 Å². The molecular formula is C14H10BrN5O2. The molecule has 7 nitrogen and oxygen atoms in total. The first kappa shape index (κ1) is 15.5. The van der Waals surface area contributed by atoms with Crippen molar-refractivity contribution < 1.29 is 9.90 Å². The summed E-state index contributed by atoms with van der Waals surface area (Å²) < 4.78 is 0.708. The Morgan fingerprint density at radius 2 is 2.00 bits per heavy atom. The molecule has 0 fully saturated rings. The molecule has 1 heterocycles. The van der Waals surface area contributed by atoms with Crippen molar-refractivity contribution in [2.75, 3.05) is 10.6 Å². The largest absolute Gasteiger partial charge is 0.506 e. The molecule has 0 spiro atoms. The molecule has 0 bridgehead atoms. The summed E-state index contributed by atoms with van der Waals surface area (Å²) in [4.78, 5) is 19.9. The molecule has 1 aromatic carbocycles. The van der Waals surface area contributed by atoms with Crippen LogP contribution in [-0.4, -0.2) is 21.0 Å². The molecule has 22 heavy (non-hydrogen) atoms. The molecule has 2 aromatic rings. The summed E-state index contributed by atoms with van der Waals surface area (Å²) in [5, 5.41) is 23.7. The number of nitriles is 1. The normalized spacial score (nSPS) is 10.6. The molecule has 0 aliphatic heterocycles. The van der Waals surface area contributed by atoms with E-state index in [1.54, 1.807) is 18.2 Å². The lowest BCUT2D eigenvalue weighted by Gasteiger charge is -2.06. The maximum Gasteiger partial charge on any atom is 0.267 e. The van der Waals surface area contributed by atoms with E-state index in [1.165, 1.54) is 30.7 Å². The van der Waals surface area contributed by atoms with Gasteiger partial charge in [0.05, 0.1) is 10.2 Å². The zero-order valence-corrected chi connectivity index (χ0v) is 12.7. The summed E-state index contributed by atoms with van der Waals surface area (Å²) in [6, 6.07) is 7.99. The smallest absolute Gasteiger partial charge is 0.267 e. The van der Waals surface area contributed by atoms with Gasteiger partial charge in [-0.05, 0) is 28.1 Å². The summed E-state index contributed by atoms with van der Waals surface area (Å²) >= 11 is 3.20. The standard InChI is InChI=1S/C14H10BrN5O2/c15-10-7-18-14(19-8-10)17-6-9(5-16)13(22)20-11-3-1-2-4-12(11)21/h1-4,6-8,21H,(H,20,22)(H,17,18,19)/b9-6-. The number of nitrogens with zero attached hydrogens (tertiary/aromatic N) is 3. The summed E-state index contributed by atoms with van der Waals surface area (Å²) in [5.74, 6) is -0.503. The number of hydrogen-bond donors (Lipinski definition) is 3. The molecule has 1 aromatic heterocycles. The van der Waals surface area contributed by atoms with Gasteiger partial charge < -0.3 is 15.7 Å². The van der Waals surface area contributed by atoms with Gasteiger partial charge in [-0.15, -0.1) is 0 Å². The number of halogens is 1. The Hall–Kier alpha value is -2.92. The topological polar surface area (TPSA) is 111 Å². The molecule has 3 N–H and O–H groups in total. The van der Waals surface area contributed by atoms with Crippen molar-refractivity contribution in [1.29, 1.82) is 5.26 Å². The number of amides is 1. The number of nitrogens with one attached hydrogen (secondary N) is 2. The van der Waals surface area contributed by atoms with Crippen LogP contribution in [0.2, 0.25) is 0 Å². The second-order valence-corrected chi connectivity index (χ2v) is 4.93. The average molecular weight is 360 g/mol. The van der Waals surface area contributed by atoms with Crippen LogP contribution in [0.5, 0.6) is 5.75 Å². The second-order valence-electron chi connectivity index (χ2n) is 4.01. The zero-order chi connectivity index (χ0) is 15.9. The fourth-order valence-corrected chi connectivity index (χ4v) is 1.65. The van der Waals surface area contributed by atoms with E-state index in [-0.39, 0.29) is 23.0 Å². The van der Waals surface area contributed by atoms with Crippen molar-refractivity contribution in [1.82, 2.24) is 9.97 Å². The van der Waals surface area contributed by atoms with Crippen LogP contribution in [0.15, 0.2) is 52.9 Å². The number of rotatable bonds is 4. The molecule has 2 rings (SSSR count). The van der Waals surface area contributed by atoms with Crippen LogP contribution in [0.1, 0.15) is 0 Å². The van der Waals surface area contributed by atoms with E-state index >= 15 is 0 Å². The minimum absolute atomic E-state index is 0.0858. The van der Waals surface area contributed by atoms with Crippen LogP contribution in [0.3, 0.4) is 0 Å². The summed E-state index contributed by atoms with van der Waals surface area (Å²) in [7, 11) is 0. The summed E-state index contributed by atoms with van der Waals surface area (Å²) in [5.41, 5.74) is 0.0308. The number of carbonyl (C=O) groups excluding carboxylic acids is 1. The SMILES string of the molecule is N#C/C(=C/Nc1ncc(Br)cn1)C(=O)Nc1ccccc1O. The van der Waals surface area contributed by atoms with Crippen LogP contribution >= 0.6 is 15.9 Å². The van der Waals surface area contributed by atoms with Gasteiger partial charge in [0.1, 0.15) is 17.4 Å². The quantitative estimate of drug-likeness (QED) is 0.439. The van der Waals surface area contributed by atoms with E-state index in [4.69, 9.17) is 5.26 Å². The lowest BCUT2D eigenvalue weighted by atomic mass is 10.2. The summed E-state index contributed by atoms with van der Waals surface area (Å²) in [6.07, 6.45) is 4.24. The molecular weight excluding hydrogens is 350 g/mol. The first-order chi connectivity index (χ1) is 10.6. The predicted molar refractivity (Wildman–Crippen MR) is 83.8 cm³/mol. The third-order valence-electron chi connectivity index (χ3n) is 2.48. The highest BCUT2D eigenvalue weighted by Crippen LogP contribution is 2.21. The van der Waals surface area contributed by atoms with Gasteiger partial charge in [0.25, 0.3) is 5.91 Å². The number of anilines is 2. The molecule has 0 atom stereocenters. The Bertz CT molecular complexity index is 753. The molecule has 1 amide bonds. The lowest BCUT2D eigenvalue weighted by Crippen LogP contribution is -2.14. The predicted octanol–water partition coefficient (Wildman–Crippen LogP) is 2.40. The lowest BCUT2D eigenvalue weighted by molar-refractivity contribution is -0.112. The van der Waals surface area contributed by atoms with Crippen molar-refractivity contribution in [2.45, 2.75) is 0 Å². The Kier molecular flexibility index (Phi) is 5.06. The molecule has 0 aliphatic carbocycles. The van der Waals surface area contributed by atoms with Crippen molar-refractivity contribution in [3.63, 3.8) is 0 Å². The van der Waals surface area contributed by atoms with Crippen molar-refractivity contribution >= 4 is 33.5 Å². The molecule has 0 unspecified atom stereocenters. The first-order valence-corrected chi connectivity index (χ1v) is 6.83. The molecule has 110 valence electrons. The van der Waals surface area contributed by atoms with E-state index in [0.717, 1.165) is 0 Å². The van der Waals surface area contributed by atoms with E-state index < -0.39 is 5.91 Å². The fraction of sp³-hybridized carbons (Fsp3) is 0. The highest BCUT2D eigenvalue weighted by Gasteiger charge is 2.11. The minimum atomic E-state index is -0.659. The number of aromatic nitrogens is 2. The van der Waals surface area contributed by atoms with E-state index in [9.17, 15) is 9.90 Å². The molecule has 0 radical (unpaired) electrons. The molecule has 8 heteroatoms. The third-order valence-corrected chi connectivity index (χ3v) is 2.89. The Morgan fingerprint density at radius 1 is 1.32 bits per heavy atom. The van der Waals surface area contributed by atoms with Crippen LogP contribution < -0.4 is 10.6 Å². The van der Waals surface area contributed by atoms with Gasteiger partial charge in [-0.2, -0.15) is 5.26 Å². The highest BCUT2D eigenvalue weighted by molar-refractivity contribution is 9.10. The maximum absolute atomic E-state index is 12.0. The van der Waals surface area contributed by atoms with Gasteiger partial charge in [0.15, 0.2) is 0 Å². The van der Waals surface area contributed by atoms with Gasteiger partial charge in [-0.3, -0.25) is 4.79 Å². The Balaban J connectivity index is 2.09. The zero-order valence-electron chi connectivity index (χ0n) is 11.1. The molecule has 0 aliphatic rings. The number of phenols is 1.